The third-order valence-electron chi connectivity index (χ3n) is 3.51. The third kappa shape index (κ3) is 3.11. The molecule has 0 spiro atoms. The van der Waals surface area contributed by atoms with Crippen LogP contribution >= 0.6 is 0 Å². The highest BCUT2D eigenvalue weighted by Gasteiger charge is 2.25. The minimum atomic E-state index is -0.143. The summed E-state index contributed by atoms with van der Waals surface area (Å²) in [6.07, 6.45) is 1.76. The van der Waals surface area contributed by atoms with Crippen molar-refractivity contribution in [3.63, 3.8) is 0 Å². The SMILES string of the molecule is CCC(CC)(CO)CNc1ccc(N)c(C#N)n1. The van der Waals surface area contributed by atoms with Crippen LogP contribution in [0.1, 0.15) is 32.4 Å². The van der Waals surface area contributed by atoms with E-state index >= 15 is 0 Å². The van der Waals surface area contributed by atoms with Gasteiger partial charge in [0.25, 0.3) is 0 Å². The number of aromatic nitrogens is 1. The Hall–Kier alpha value is -1.80. The Morgan fingerprint density at radius 2 is 2.11 bits per heavy atom. The van der Waals surface area contributed by atoms with E-state index in [0.717, 1.165) is 12.8 Å². The van der Waals surface area contributed by atoms with Crippen molar-refractivity contribution >= 4 is 11.5 Å². The lowest BCUT2D eigenvalue weighted by molar-refractivity contribution is 0.127. The van der Waals surface area contributed by atoms with Gasteiger partial charge in [0.2, 0.25) is 0 Å². The molecule has 18 heavy (non-hydrogen) atoms. The lowest BCUT2D eigenvalue weighted by atomic mass is 9.83. The maximum Gasteiger partial charge on any atom is 0.165 e. The van der Waals surface area contributed by atoms with E-state index in [4.69, 9.17) is 11.0 Å². The molecule has 0 radical (unpaired) electrons. The van der Waals surface area contributed by atoms with Gasteiger partial charge in [-0.25, -0.2) is 4.98 Å². The number of pyridine rings is 1. The fraction of sp³-hybridized carbons (Fsp3) is 0.538. The topological polar surface area (TPSA) is 95.0 Å². The van der Waals surface area contributed by atoms with Crippen LogP contribution in [0.4, 0.5) is 11.5 Å². The molecule has 4 N–H and O–H groups in total. The summed E-state index contributed by atoms with van der Waals surface area (Å²) in [6, 6.07) is 5.35. The van der Waals surface area contributed by atoms with Crippen LogP contribution in [0.3, 0.4) is 0 Å². The summed E-state index contributed by atoms with van der Waals surface area (Å²) >= 11 is 0. The molecule has 0 saturated heterocycles. The van der Waals surface area contributed by atoms with Crippen molar-refractivity contribution in [3.8, 4) is 6.07 Å². The molecule has 0 aliphatic carbocycles. The highest BCUT2D eigenvalue weighted by atomic mass is 16.3. The molecule has 0 fully saturated rings. The van der Waals surface area contributed by atoms with Crippen molar-refractivity contribution in [2.75, 3.05) is 24.2 Å². The van der Waals surface area contributed by atoms with Gasteiger partial charge in [0.05, 0.1) is 12.3 Å². The summed E-state index contributed by atoms with van der Waals surface area (Å²) in [5.41, 5.74) is 6.07. The first-order valence-electron chi connectivity index (χ1n) is 6.12. The van der Waals surface area contributed by atoms with Gasteiger partial charge >= 0.3 is 0 Å². The molecule has 0 aromatic carbocycles. The van der Waals surface area contributed by atoms with E-state index in [0.29, 0.717) is 18.1 Å². The number of hydrogen-bond acceptors (Lipinski definition) is 5. The Labute approximate surface area is 108 Å². The summed E-state index contributed by atoms with van der Waals surface area (Å²) in [4.78, 5) is 4.12. The normalized spacial score (nSPS) is 11.0. The summed E-state index contributed by atoms with van der Waals surface area (Å²) in [5, 5.41) is 21.5. The maximum absolute atomic E-state index is 9.47. The molecular formula is C13H20N4O. The third-order valence-corrected chi connectivity index (χ3v) is 3.51. The van der Waals surface area contributed by atoms with Gasteiger partial charge < -0.3 is 16.2 Å². The predicted octanol–water partition coefficient (Wildman–Crippen LogP) is 1.75. The summed E-state index contributed by atoms with van der Waals surface area (Å²) in [6.45, 7) is 4.86. The lowest BCUT2D eigenvalue weighted by Crippen LogP contribution is -2.32. The van der Waals surface area contributed by atoms with Gasteiger partial charge in [-0.2, -0.15) is 5.26 Å². The second kappa shape index (κ2) is 6.22. The standard InChI is InChI=1S/C13H20N4O/c1-3-13(4-2,9-18)8-16-12-6-5-10(15)11(7-14)17-12/h5-6,18H,3-4,8-9,15H2,1-2H3,(H,16,17). The number of nitrogen functional groups attached to an aromatic ring is 1. The molecule has 5 nitrogen and oxygen atoms in total. The Morgan fingerprint density at radius 1 is 1.44 bits per heavy atom. The van der Waals surface area contributed by atoms with E-state index < -0.39 is 0 Å². The van der Waals surface area contributed by atoms with E-state index in [-0.39, 0.29) is 17.7 Å². The van der Waals surface area contributed by atoms with Gasteiger partial charge in [0.1, 0.15) is 11.9 Å². The van der Waals surface area contributed by atoms with Crippen LogP contribution in [0.2, 0.25) is 0 Å². The summed E-state index contributed by atoms with van der Waals surface area (Å²) < 4.78 is 0. The predicted molar refractivity (Wildman–Crippen MR) is 72.0 cm³/mol. The van der Waals surface area contributed by atoms with Gasteiger partial charge in [-0.1, -0.05) is 13.8 Å². The van der Waals surface area contributed by atoms with Gasteiger partial charge in [-0.3, -0.25) is 0 Å². The van der Waals surface area contributed by atoms with Crippen LogP contribution in [0, 0.1) is 16.7 Å². The molecule has 0 aliphatic rings. The fourth-order valence-corrected chi connectivity index (χ4v) is 1.72. The largest absolute Gasteiger partial charge is 0.396 e. The van der Waals surface area contributed by atoms with Crippen molar-refractivity contribution in [2.24, 2.45) is 5.41 Å². The highest BCUT2D eigenvalue weighted by Crippen LogP contribution is 2.26. The molecule has 1 aromatic heterocycles. The molecule has 1 aromatic rings. The minimum Gasteiger partial charge on any atom is -0.396 e. The van der Waals surface area contributed by atoms with Crippen molar-refractivity contribution < 1.29 is 5.11 Å². The number of nitrogens with one attached hydrogen (secondary N) is 1. The van der Waals surface area contributed by atoms with Gasteiger partial charge in [-0.05, 0) is 25.0 Å². The van der Waals surface area contributed by atoms with Gasteiger partial charge in [0.15, 0.2) is 5.69 Å². The Morgan fingerprint density at radius 3 is 2.61 bits per heavy atom. The Bertz CT molecular complexity index is 427. The van der Waals surface area contributed by atoms with Crippen LogP contribution in [0.5, 0.6) is 0 Å². The number of nitrogens with two attached hydrogens (primary N) is 1. The second-order valence-electron chi connectivity index (χ2n) is 4.46. The molecule has 0 amide bonds. The number of aliphatic hydroxyl groups excluding tert-OH is 1. The maximum atomic E-state index is 9.47. The molecule has 0 bridgehead atoms. The Kier molecular flexibility index (Phi) is 4.93. The summed E-state index contributed by atoms with van der Waals surface area (Å²) in [5.74, 6) is 0.612. The molecule has 5 heteroatoms. The van der Waals surface area contributed by atoms with E-state index in [9.17, 15) is 5.11 Å². The molecule has 0 saturated carbocycles. The van der Waals surface area contributed by atoms with Gasteiger partial charge in [-0.15, -0.1) is 0 Å². The molecular weight excluding hydrogens is 228 g/mol. The van der Waals surface area contributed by atoms with Crippen LogP contribution in [0.15, 0.2) is 12.1 Å². The zero-order valence-electron chi connectivity index (χ0n) is 10.9. The van der Waals surface area contributed by atoms with E-state index in [1.54, 1.807) is 12.1 Å². The zero-order valence-corrected chi connectivity index (χ0v) is 10.9. The van der Waals surface area contributed by atoms with Crippen molar-refractivity contribution in [3.05, 3.63) is 17.8 Å². The summed E-state index contributed by atoms with van der Waals surface area (Å²) in [7, 11) is 0. The van der Waals surface area contributed by atoms with E-state index in [1.165, 1.54) is 0 Å². The fourth-order valence-electron chi connectivity index (χ4n) is 1.72. The number of nitriles is 1. The second-order valence-corrected chi connectivity index (χ2v) is 4.46. The smallest absolute Gasteiger partial charge is 0.165 e. The van der Waals surface area contributed by atoms with Crippen LogP contribution in [-0.4, -0.2) is 23.2 Å². The number of aliphatic hydroxyl groups is 1. The van der Waals surface area contributed by atoms with Crippen LogP contribution < -0.4 is 11.1 Å². The average molecular weight is 248 g/mol. The molecule has 98 valence electrons. The van der Waals surface area contributed by atoms with E-state index in [1.807, 2.05) is 6.07 Å². The molecule has 1 rings (SSSR count). The molecule has 0 unspecified atom stereocenters. The first-order chi connectivity index (χ1) is 8.60. The monoisotopic (exact) mass is 248 g/mol. The zero-order chi connectivity index (χ0) is 13.6. The molecule has 0 aliphatic heterocycles. The number of nitrogens with zero attached hydrogens (tertiary/aromatic N) is 2. The minimum absolute atomic E-state index is 0.132. The number of anilines is 2. The average Bonchev–Trinajstić information content (AvgIpc) is 2.42. The first kappa shape index (κ1) is 14.3. The van der Waals surface area contributed by atoms with Crippen molar-refractivity contribution in [1.82, 2.24) is 4.98 Å². The lowest BCUT2D eigenvalue weighted by Gasteiger charge is -2.29. The van der Waals surface area contributed by atoms with Crippen LogP contribution in [-0.2, 0) is 0 Å². The Balaban J connectivity index is 2.77. The van der Waals surface area contributed by atoms with E-state index in [2.05, 4.69) is 24.1 Å². The van der Waals surface area contributed by atoms with Gasteiger partial charge in [0, 0.05) is 12.0 Å². The van der Waals surface area contributed by atoms with Crippen LogP contribution in [0.25, 0.3) is 0 Å². The van der Waals surface area contributed by atoms with Crippen molar-refractivity contribution in [2.45, 2.75) is 26.7 Å². The number of rotatable bonds is 6. The highest BCUT2D eigenvalue weighted by molar-refractivity contribution is 5.54. The molecule has 0 atom stereocenters. The first-order valence-corrected chi connectivity index (χ1v) is 6.12. The quantitative estimate of drug-likeness (QED) is 0.712. The van der Waals surface area contributed by atoms with Crippen molar-refractivity contribution in [1.29, 1.82) is 5.26 Å². The number of hydrogen-bond donors (Lipinski definition) is 3. The molecule has 1 heterocycles.